The summed E-state index contributed by atoms with van der Waals surface area (Å²) in [6.45, 7) is 0. The van der Waals surface area contributed by atoms with Gasteiger partial charge in [-0.05, 0) is 73.6 Å². The Bertz CT molecular complexity index is 1680. The molecule has 1 aromatic heterocycles. The zero-order valence-electron chi connectivity index (χ0n) is 18.1. The summed E-state index contributed by atoms with van der Waals surface area (Å²) in [4.78, 5) is 0. The Morgan fingerprint density at radius 2 is 1.32 bits per heavy atom. The van der Waals surface area contributed by atoms with Gasteiger partial charge in [0.15, 0.2) is 0 Å². The molecular formula is C31H18BrClO. The van der Waals surface area contributed by atoms with Gasteiger partial charge in [0.1, 0.15) is 11.2 Å². The van der Waals surface area contributed by atoms with Gasteiger partial charge in [0.2, 0.25) is 0 Å². The van der Waals surface area contributed by atoms with Crippen LogP contribution in [0.1, 0.15) is 22.3 Å². The summed E-state index contributed by atoms with van der Waals surface area (Å²) in [5.41, 5.74) is 8.50. The second kappa shape index (κ2) is 7.33. The predicted octanol–water partition coefficient (Wildman–Crippen LogP) is 9.36. The first kappa shape index (κ1) is 20.1. The molecule has 0 saturated heterocycles. The molecule has 6 aromatic rings. The maximum atomic E-state index is 6.66. The smallest absolute Gasteiger partial charge is 0.150 e. The van der Waals surface area contributed by atoms with E-state index in [4.69, 9.17) is 16.0 Å². The summed E-state index contributed by atoms with van der Waals surface area (Å²) in [6.07, 6.45) is 0. The lowest BCUT2D eigenvalue weighted by molar-refractivity contribution is 0.666. The van der Waals surface area contributed by atoms with Gasteiger partial charge in [0.25, 0.3) is 0 Å². The third kappa shape index (κ3) is 2.56. The summed E-state index contributed by atoms with van der Waals surface area (Å²) in [5.74, 6) is 0. The normalized spacial score (nSPS) is 13.8. The number of para-hydroxylation sites is 1. The zero-order valence-corrected chi connectivity index (χ0v) is 20.4. The fourth-order valence-electron chi connectivity index (χ4n) is 5.79. The van der Waals surface area contributed by atoms with Crippen molar-refractivity contribution in [2.75, 3.05) is 0 Å². The quantitative estimate of drug-likeness (QED) is 0.221. The van der Waals surface area contributed by atoms with Crippen LogP contribution in [-0.4, -0.2) is 0 Å². The van der Waals surface area contributed by atoms with Gasteiger partial charge in [-0.1, -0.05) is 96.5 Å². The Hall–Kier alpha value is -3.33. The van der Waals surface area contributed by atoms with Crippen molar-refractivity contribution in [1.29, 1.82) is 0 Å². The van der Waals surface area contributed by atoms with E-state index in [1.54, 1.807) is 0 Å². The molecule has 0 N–H and O–H groups in total. The summed E-state index contributed by atoms with van der Waals surface area (Å²) in [5, 5.41) is 2.99. The first-order valence-corrected chi connectivity index (χ1v) is 12.4. The highest BCUT2D eigenvalue weighted by Gasteiger charge is 2.47. The van der Waals surface area contributed by atoms with Gasteiger partial charge in [0, 0.05) is 15.8 Å². The number of hydrogen-bond acceptors (Lipinski definition) is 1. The minimum atomic E-state index is -0.507. The lowest BCUT2D eigenvalue weighted by atomic mass is 9.67. The first-order valence-electron chi connectivity index (χ1n) is 11.3. The molecule has 1 aliphatic rings. The van der Waals surface area contributed by atoms with Gasteiger partial charge < -0.3 is 4.42 Å². The van der Waals surface area contributed by atoms with Crippen molar-refractivity contribution < 1.29 is 4.42 Å². The van der Waals surface area contributed by atoms with Crippen molar-refractivity contribution in [2.24, 2.45) is 0 Å². The molecule has 34 heavy (non-hydrogen) atoms. The highest BCUT2D eigenvalue weighted by Crippen LogP contribution is 2.60. The Morgan fingerprint density at radius 1 is 0.676 bits per heavy atom. The average Bonchev–Trinajstić information content (AvgIpc) is 3.39. The highest BCUT2D eigenvalue weighted by molar-refractivity contribution is 9.10. The van der Waals surface area contributed by atoms with Gasteiger partial charge >= 0.3 is 0 Å². The highest BCUT2D eigenvalue weighted by atomic mass is 79.9. The average molecular weight is 522 g/mol. The molecule has 1 nitrogen and oxygen atoms in total. The van der Waals surface area contributed by atoms with Crippen LogP contribution >= 0.6 is 27.5 Å². The molecule has 1 heterocycles. The number of fused-ring (bicyclic) bond motifs is 7. The molecule has 162 valence electrons. The molecule has 0 bridgehead atoms. The summed E-state index contributed by atoms with van der Waals surface area (Å²) >= 11 is 10.5. The summed E-state index contributed by atoms with van der Waals surface area (Å²) in [7, 11) is 0. The lowest BCUT2D eigenvalue weighted by Crippen LogP contribution is -2.28. The molecule has 1 aliphatic carbocycles. The molecule has 0 aliphatic heterocycles. The number of halogens is 2. The Kier molecular flexibility index (Phi) is 4.33. The molecular weight excluding hydrogens is 504 g/mol. The molecule has 7 rings (SSSR count). The maximum Gasteiger partial charge on any atom is 0.150 e. The Morgan fingerprint density at radius 3 is 2.03 bits per heavy atom. The number of benzene rings is 5. The van der Waals surface area contributed by atoms with Crippen molar-refractivity contribution in [3.63, 3.8) is 0 Å². The molecule has 0 amide bonds. The molecule has 0 unspecified atom stereocenters. The van der Waals surface area contributed by atoms with Gasteiger partial charge in [-0.15, -0.1) is 0 Å². The third-order valence-electron chi connectivity index (χ3n) is 7.08. The van der Waals surface area contributed by atoms with E-state index in [0.29, 0.717) is 0 Å². The molecule has 0 saturated carbocycles. The van der Waals surface area contributed by atoms with Crippen molar-refractivity contribution in [2.45, 2.75) is 5.41 Å². The number of hydrogen-bond donors (Lipinski definition) is 0. The fourth-order valence-corrected chi connectivity index (χ4v) is 6.47. The van der Waals surface area contributed by atoms with E-state index in [0.717, 1.165) is 31.4 Å². The van der Waals surface area contributed by atoms with Crippen LogP contribution in [0.2, 0.25) is 5.02 Å². The van der Waals surface area contributed by atoms with Crippen LogP contribution in [0.25, 0.3) is 33.1 Å². The molecule has 5 aromatic carbocycles. The van der Waals surface area contributed by atoms with Crippen LogP contribution in [-0.2, 0) is 5.41 Å². The van der Waals surface area contributed by atoms with Gasteiger partial charge in [-0.25, -0.2) is 0 Å². The van der Waals surface area contributed by atoms with E-state index >= 15 is 0 Å². The van der Waals surface area contributed by atoms with Crippen LogP contribution in [0, 0.1) is 0 Å². The van der Waals surface area contributed by atoms with E-state index in [-0.39, 0.29) is 0 Å². The van der Waals surface area contributed by atoms with E-state index in [1.807, 2.05) is 18.2 Å². The topological polar surface area (TPSA) is 13.1 Å². The van der Waals surface area contributed by atoms with Gasteiger partial charge in [-0.2, -0.15) is 0 Å². The molecule has 0 atom stereocenters. The molecule has 3 heteroatoms. The first-order chi connectivity index (χ1) is 16.7. The van der Waals surface area contributed by atoms with Crippen molar-refractivity contribution in [1.82, 2.24) is 0 Å². The minimum absolute atomic E-state index is 0.507. The summed E-state index contributed by atoms with van der Waals surface area (Å²) in [6, 6.07) is 38.3. The molecule has 0 spiro atoms. The maximum absolute atomic E-state index is 6.66. The van der Waals surface area contributed by atoms with Crippen LogP contribution in [0.5, 0.6) is 0 Å². The lowest BCUT2D eigenvalue weighted by Gasteiger charge is -2.34. The van der Waals surface area contributed by atoms with E-state index in [1.165, 1.54) is 33.4 Å². The van der Waals surface area contributed by atoms with Gasteiger partial charge in [-0.3, -0.25) is 0 Å². The van der Waals surface area contributed by atoms with Gasteiger partial charge in [0.05, 0.1) is 9.89 Å². The SMILES string of the molecule is Clc1ccc2c(c1)C(c1ccccc1)(c1ccccc1)c1cc(Br)c3oc4ccccc4c3c1-2. The van der Waals surface area contributed by atoms with Crippen molar-refractivity contribution in [3.8, 4) is 11.1 Å². The third-order valence-corrected chi connectivity index (χ3v) is 7.90. The Balaban J connectivity index is 1.76. The van der Waals surface area contributed by atoms with Crippen LogP contribution < -0.4 is 0 Å². The predicted molar refractivity (Wildman–Crippen MR) is 144 cm³/mol. The second-order valence-electron chi connectivity index (χ2n) is 8.76. The summed E-state index contributed by atoms with van der Waals surface area (Å²) < 4.78 is 7.31. The van der Waals surface area contributed by atoms with Crippen LogP contribution in [0.3, 0.4) is 0 Å². The largest absolute Gasteiger partial charge is 0.455 e. The number of furan rings is 1. The fraction of sp³-hybridized carbons (Fsp3) is 0.0323. The van der Waals surface area contributed by atoms with E-state index in [9.17, 15) is 0 Å². The molecule has 0 fully saturated rings. The zero-order chi connectivity index (χ0) is 22.9. The monoisotopic (exact) mass is 520 g/mol. The van der Waals surface area contributed by atoms with E-state index < -0.39 is 5.41 Å². The van der Waals surface area contributed by atoms with Crippen LogP contribution in [0.15, 0.2) is 118 Å². The van der Waals surface area contributed by atoms with Crippen molar-refractivity contribution in [3.05, 3.63) is 141 Å². The van der Waals surface area contributed by atoms with Crippen LogP contribution in [0.4, 0.5) is 0 Å². The number of rotatable bonds is 2. The Labute approximate surface area is 210 Å². The van der Waals surface area contributed by atoms with Crippen molar-refractivity contribution >= 4 is 49.5 Å². The standard InChI is InChI=1S/C31H18BrClO/c32-26-18-25-28(29-23-13-7-8-14-27(23)34-30(26)29)22-16-15-21(33)17-24(22)31(25,19-9-3-1-4-10-19)20-11-5-2-6-12-20/h1-18H. The molecule has 0 radical (unpaired) electrons. The van der Waals surface area contributed by atoms with E-state index in [2.05, 4.69) is 107 Å². The second-order valence-corrected chi connectivity index (χ2v) is 10.0. The minimum Gasteiger partial charge on any atom is -0.455 e.